The Bertz CT molecular complexity index is 1090. The number of hydrogen-bond donors (Lipinski definition) is 1. The number of benzene rings is 2. The molecule has 34 heavy (non-hydrogen) atoms. The molecule has 10 heteroatoms. The summed E-state index contributed by atoms with van der Waals surface area (Å²) in [5.74, 6) is 0.392. The monoisotopic (exact) mass is 468 g/mol. The van der Waals surface area contributed by atoms with Gasteiger partial charge in [0.15, 0.2) is 5.71 Å². The second kappa shape index (κ2) is 10.9. The molecule has 2 aromatic carbocycles. The van der Waals surface area contributed by atoms with Gasteiger partial charge in [-0.25, -0.2) is 4.79 Å². The van der Waals surface area contributed by atoms with E-state index in [2.05, 4.69) is 31.3 Å². The van der Waals surface area contributed by atoms with E-state index in [4.69, 9.17) is 4.74 Å². The van der Waals surface area contributed by atoms with Crippen molar-refractivity contribution in [2.75, 3.05) is 5.43 Å². The van der Waals surface area contributed by atoms with Gasteiger partial charge in [0.25, 0.3) is 5.69 Å². The Kier molecular flexibility index (Phi) is 7.93. The first-order valence-electron chi connectivity index (χ1n) is 11.2. The highest BCUT2D eigenvalue weighted by atomic mass is 16.6. The normalized spacial score (nSPS) is 20.6. The third-order valence-corrected chi connectivity index (χ3v) is 6.14. The Morgan fingerprint density at radius 3 is 2.41 bits per heavy atom. The van der Waals surface area contributed by atoms with E-state index < -0.39 is 27.2 Å². The van der Waals surface area contributed by atoms with E-state index in [1.54, 1.807) is 30.3 Å². The first kappa shape index (κ1) is 24.8. The predicted octanol–water partition coefficient (Wildman–Crippen LogP) is 5.32. The van der Waals surface area contributed by atoms with Crippen molar-refractivity contribution in [3.63, 3.8) is 0 Å². The number of non-ortho nitro benzene ring substituents is 1. The van der Waals surface area contributed by atoms with Crippen LogP contribution in [-0.4, -0.2) is 27.6 Å². The van der Waals surface area contributed by atoms with Crippen LogP contribution < -0.4 is 5.43 Å². The molecule has 0 radical (unpaired) electrons. The zero-order valence-electron chi connectivity index (χ0n) is 19.3. The lowest BCUT2D eigenvalue weighted by Gasteiger charge is -2.36. The average Bonchev–Trinajstić information content (AvgIpc) is 2.79. The van der Waals surface area contributed by atoms with E-state index in [0.29, 0.717) is 17.4 Å². The molecule has 2 aromatic rings. The van der Waals surface area contributed by atoms with Crippen LogP contribution in [0.1, 0.15) is 45.6 Å². The highest BCUT2D eigenvalue weighted by Gasteiger charge is 2.34. The van der Waals surface area contributed by atoms with E-state index in [9.17, 15) is 25.0 Å². The Morgan fingerprint density at radius 1 is 1.09 bits per heavy atom. The molecule has 3 unspecified atom stereocenters. The molecule has 3 atom stereocenters. The van der Waals surface area contributed by atoms with Gasteiger partial charge in [-0.1, -0.05) is 57.5 Å². The molecule has 0 amide bonds. The van der Waals surface area contributed by atoms with Gasteiger partial charge in [-0.3, -0.25) is 25.7 Å². The summed E-state index contributed by atoms with van der Waals surface area (Å²) in [7, 11) is 0. The molecule has 0 saturated heterocycles. The summed E-state index contributed by atoms with van der Waals surface area (Å²) >= 11 is 0. The maximum Gasteiger partial charge on any atom is 0.359 e. The molecule has 0 bridgehead atoms. The van der Waals surface area contributed by atoms with Crippen molar-refractivity contribution in [1.29, 1.82) is 0 Å². The summed E-state index contributed by atoms with van der Waals surface area (Å²) in [5, 5.41) is 26.6. The van der Waals surface area contributed by atoms with Crippen LogP contribution in [0.5, 0.6) is 0 Å². The lowest BCUT2D eigenvalue weighted by Crippen LogP contribution is -2.37. The summed E-state index contributed by atoms with van der Waals surface area (Å²) in [5.41, 5.74) is 1.96. The van der Waals surface area contributed by atoms with E-state index >= 15 is 0 Å². The fourth-order valence-corrected chi connectivity index (χ4v) is 4.26. The highest BCUT2D eigenvalue weighted by molar-refractivity contribution is 6.43. The van der Waals surface area contributed by atoms with E-state index in [1.165, 1.54) is 6.07 Å². The number of anilines is 1. The van der Waals surface area contributed by atoms with Crippen LogP contribution in [0.25, 0.3) is 0 Å². The predicted molar refractivity (Wildman–Crippen MR) is 128 cm³/mol. The Morgan fingerprint density at radius 2 is 1.79 bits per heavy atom. The molecule has 1 aliphatic carbocycles. The van der Waals surface area contributed by atoms with E-state index in [-0.39, 0.29) is 23.4 Å². The van der Waals surface area contributed by atoms with Crippen molar-refractivity contribution in [2.45, 2.75) is 46.1 Å². The van der Waals surface area contributed by atoms with Crippen molar-refractivity contribution in [1.82, 2.24) is 0 Å². The minimum absolute atomic E-state index is 0.0333. The van der Waals surface area contributed by atoms with Crippen LogP contribution in [0.2, 0.25) is 0 Å². The van der Waals surface area contributed by atoms with Gasteiger partial charge in [0.1, 0.15) is 11.8 Å². The summed E-state index contributed by atoms with van der Waals surface area (Å²) < 4.78 is 5.94. The molecule has 1 saturated carbocycles. The van der Waals surface area contributed by atoms with Crippen LogP contribution in [0.3, 0.4) is 0 Å². The first-order valence-corrected chi connectivity index (χ1v) is 11.2. The smallest absolute Gasteiger partial charge is 0.359 e. The fourth-order valence-electron chi connectivity index (χ4n) is 4.26. The number of hydrazone groups is 1. The summed E-state index contributed by atoms with van der Waals surface area (Å²) in [6.07, 6.45) is 2.57. The van der Waals surface area contributed by atoms with Crippen molar-refractivity contribution in [3.05, 3.63) is 74.3 Å². The second-order valence-electron chi connectivity index (χ2n) is 8.92. The second-order valence-corrected chi connectivity index (χ2v) is 8.92. The molecule has 1 fully saturated rings. The Labute approximate surface area is 197 Å². The van der Waals surface area contributed by atoms with E-state index in [0.717, 1.165) is 31.4 Å². The van der Waals surface area contributed by atoms with Gasteiger partial charge in [-0.05, 0) is 36.7 Å². The number of carbonyl (C=O) groups is 1. The summed E-state index contributed by atoms with van der Waals surface area (Å²) in [6.45, 7) is 6.37. The highest BCUT2D eigenvalue weighted by Crippen LogP contribution is 2.35. The first-order chi connectivity index (χ1) is 16.2. The van der Waals surface area contributed by atoms with Gasteiger partial charge in [0, 0.05) is 11.6 Å². The molecule has 0 spiro atoms. The van der Waals surface area contributed by atoms with Crippen LogP contribution >= 0.6 is 0 Å². The van der Waals surface area contributed by atoms with Crippen molar-refractivity contribution in [2.24, 2.45) is 22.9 Å². The van der Waals surface area contributed by atoms with Gasteiger partial charge in [-0.2, -0.15) is 5.10 Å². The largest absolute Gasteiger partial charge is 0.457 e. The van der Waals surface area contributed by atoms with E-state index in [1.807, 2.05) is 0 Å². The quantitative estimate of drug-likeness (QED) is 0.239. The lowest BCUT2D eigenvalue weighted by atomic mass is 9.75. The molecule has 10 nitrogen and oxygen atoms in total. The Hall–Kier alpha value is -3.82. The molecule has 180 valence electrons. The maximum atomic E-state index is 13.3. The van der Waals surface area contributed by atoms with Crippen LogP contribution in [0, 0.1) is 38.0 Å². The summed E-state index contributed by atoms with van der Waals surface area (Å²) in [6, 6.07) is 11.8. The van der Waals surface area contributed by atoms with Crippen molar-refractivity contribution >= 4 is 28.7 Å². The fraction of sp³-hybridized carbons (Fsp3) is 0.417. The molecule has 3 rings (SSSR count). The minimum Gasteiger partial charge on any atom is -0.457 e. The molecule has 0 aliphatic heterocycles. The van der Waals surface area contributed by atoms with Crippen LogP contribution in [0.4, 0.5) is 17.1 Å². The Balaban J connectivity index is 1.92. The lowest BCUT2D eigenvalue weighted by molar-refractivity contribution is -0.393. The van der Waals surface area contributed by atoms with Gasteiger partial charge < -0.3 is 4.74 Å². The van der Waals surface area contributed by atoms with Gasteiger partial charge in [0.2, 0.25) is 0 Å². The van der Waals surface area contributed by atoms with Crippen LogP contribution in [0.15, 0.2) is 53.6 Å². The van der Waals surface area contributed by atoms with Crippen LogP contribution in [-0.2, 0) is 9.53 Å². The van der Waals surface area contributed by atoms with Gasteiger partial charge >= 0.3 is 11.7 Å². The third kappa shape index (κ3) is 5.94. The molecule has 1 N–H and O–H groups in total. The molecular weight excluding hydrogens is 440 g/mol. The standard InChI is InChI=1S/C24H28N4O6/c1-15(2)19-11-9-16(3)13-22(19)34-24(29)23(17-7-5-4-6-8-17)26-25-20-12-10-18(27(30)31)14-21(20)28(32)33/h4-8,10,12,14-16,19,22,25H,9,11,13H2,1-3H3/b26-23-. The maximum absolute atomic E-state index is 13.3. The number of carbonyl (C=O) groups excluding carboxylic acids is 1. The van der Waals surface area contributed by atoms with Crippen molar-refractivity contribution in [3.8, 4) is 0 Å². The molecular formula is C24H28N4O6. The average molecular weight is 469 g/mol. The number of ether oxygens (including phenoxy) is 1. The molecule has 0 heterocycles. The topological polar surface area (TPSA) is 137 Å². The number of nitrogens with zero attached hydrogens (tertiary/aromatic N) is 3. The zero-order chi connectivity index (χ0) is 24.8. The zero-order valence-corrected chi connectivity index (χ0v) is 19.3. The van der Waals surface area contributed by atoms with Gasteiger partial charge in [-0.15, -0.1) is 0 Å². The third-order valence-electron chi connectivity index (χ3n) is 6.14. The summed E-state index contributed by atoms with van der Waals surface area (Å²) in [4.78, 5) is 34.2. The van der Waals surface area contributed by atoms with Crippen molar-refractivity contribution < 1.29 is 19.4 Å². The minimum atomic E-state index is -0.748. The number of hydrogen-bond acceptors (Lipinski definition) is 8. The SMILES string of the molecule is CC1CCC(C(C)C)C(OC(=O)/C(=N\Nc2ccc([N+](=O)[O-])cc2[N+](=O)[O-])c2ccccc2)C1. The number of esters is 1. The number of rotatable bonds is 8. The number of nitrogens with one attached hydrogen (secondary N) is 1. The molecule has 1 aliphatic rings. The number of nitro groups is 2. The molecule has 0 aromatic heterocycles. The van der Waals surface area contributed by atoms with Gasteiger partial charge in [0.05, 0.1) is 15.9 Å². The number of nitro benzene ring substituents is 2.